The summed E-state index contributed by atoms with van der Waals surface area (Å²) in [7, 11) is 0. The van der Waals surface area contributed by atoms with Crippen LogP contribution in [0.1, 0.15) is 15.9 Å². The van der Waals surface area contributed by atoms with Gasteiger partial charge in [-0.15, -0.1) is 0 Å². The topological polar surface area (TPSA) is 64.0 Å². The molecule has 0 fully saturated rings. The number of hydrogen-bond acceptors (Lipinski definition) is 3. The largest absolute Gasteiger partial charge is 0.446 e. The average Bonchev–Trinajstić information content (AvgIpc) is 2.93. The molecule has 0 aliphatic carbocycles. The van der Waals surface area contributed by atoms with E-state index in [4.69, 9.17) is 16.4 Å². The number of pyridine rings is 1. The van der Waals surface area contributed by atoms with Gasteiger partial charge in [-0.05, 0) is 24.1 Å². The molecule has 23 heavy (non-hydrogen) atoms. The lowest BCUT2D eigenvalue weighted by Crippen LogP contribution is -2.30. The van der Waals surface area contributed by atoms with E-state index in [1.54, 1.807) is 12.3 Å². The highest BCUT2D eigenvalue weighted by atomic mass is 35.5. The second kappa shape index (κ2) is 6.82. The van der Waals surface area contributed by atoms with Crippen LogP contribution >= 0.6 is 11.6 Å². The number of aromatic nitrogens is 2. The first kappa shape index (κ1) is 17.0. The van der Waals surface area contributed by atoms with Gasteiger partial charge in [-0.3, -0.25) is 9.59 Å². The van der Waals surface area contributed by atoms with Gasteiger partial charge in [0.15, 0.2) is 0 Å². The van der Waals surface area contributed by atoms with E-state index in [0.717, 1.165) is 23.2 Å². The first-order valence-corrected chi connectivity index (χ1v) is 6.82. The van der Waals surface area contributed by atoms with Crippen molar-refractivity contribution in [2.24, 2.45) is 0 Å². The molecule has 1 amide bonds. The highest BCUT2D eigenvalue weighted by molar-refractivity contribution is 6.29. The number of halogens is 4. The van der Waals surface area contributed by atoms with Crippen molar-refractivity contribution in [3.8, 4) is 5.69 Å². The van der Waals surface area contributed by atoms with Crippen molar-refractivity contribution in [3.63, 3.8) is 0 Å². The molecule has 5 nitrogen and oxygen atoms in total. The molecule has 1 N–H and O–H groups in total. The van der Waals surface area contributed by atoms with Crippen LogP contribution in [0.3, 0.4) is 0 Å². The zero-order valence-electron chi connectivity index (χ0n) is 11.6. The zero-order chi connectivity index (χ0) is 17.0. The van der Waals surface area contributed by atoms with Crippen LogP contribution in [0.5, 0.6) is 0 Å². The Labute approximate surface area is 134 Å². The molecule has 0 radical (unpaired) electrons. The van der Waals surface area contributed by atoms with Crippen molar-refractivity contribution in [2.75, 3.05) is 6.54 Å². The molecule has 122 valence electrons. The van der Waals surface area contributed by atoms with Crippen LogP contribution in [0.25, 0.3) is 5.69 Å². The molecule has 0 unspecified atom stereocenters. The van der Waals surface area contributed by atoms with Crippen molar-refractivity contribution >= 4 is 23.8 Å². The smallest absolute Gasteiger partial charge is 0.352 e. The summed E-state index contributed by atoms with van der Waals surface area (Å²) in [5, 5.41) is 3.27. The van der Waals surface area contributed by atoms with Crippen molar-refractivity contribution in [1.82, 2.24) is 14.9 Å². The lowest BCUT2D eigenvalue weighted by Gasteiger charge is -2.10. The summed E-state index contributed by atoms with van der Waals surface area (Å²) in [6.45, 7) is 0.701. The summed E-state index contributed by atoms with van der Waals surface area (Å²) in [4.78, 5) is 24.3. The normalized spacial score (nSPS) is 13.5. The molecule has 3 heterocycles. The summed E-state index contributed by atoms with van der Waals surface area (Å²) >= 11 is 5.85. The highest BCUT2D eigenvalue weighted by Crippen LogP contribution is 2.19. The minimum Gasteiger partial charge on any atom is -0.352 e. The maximum Gasteiger partial charge on any atom is 0.446 e. The van der Waals surface area contributed by atoms with E-state index < -0.39 is 12.5 Å². The molecule has 0 bridgehead atoms. The monoisotopic (exact) mass is 345 g/mol. The standard InChI is InChI=1S/C12H10ClN3O.C2HF3O/c13-11-5-9(2-4-14-11)16-6-8-1-3-15-12(17)10(8)7-16;3-2(4,5)1-6/h2,4-7H,1,3H2,(H,15,17);1H. The number of alkyl halides is 3. The average molecular weight is 346 g/mol. The first-order chi connectivity index (χ1) is 10.8. The minimum atomic E-state index is -4.64. The lowest BCUT2D eigenvalue weighted by molar-refractivity contribution is -0.156. The van der Waals surface area contributed by atoms with Crippen LogP contribution in [0.15, 0.2) is 30.7 Å². The number of nitrogens with zero attached hydrogens (tertiary/aromatic N) is 2. The van der Waals surface area contributed by atoms with Gasteiger partial charge in [-0.25, -0.2) is 4.98 Å². The number of carbonyl (C=O) groups is 2. The fourth-order valence-corrected chi connectivity index (χ4v) is 2.18. The summed E-state index contributed by atoms with van der Waals surface area (Å²) in [6.07, 6.45) is 0.617. The predicted octanol–water partition coefficient (Wildman–Crippen LogP) is 2.56. The SMILES string of the molecule is O=C1NCCc2cn(-c3ccnc(Cl)c3)cc21.O=CC(F)(F)F. The second-order valence-corrected chi connectivity index (χ2v) is 4.99. The van der Waals surface area contributed by atoms with Gasteiger partial charge in [0.25, 0.3) is 5.91 Å². The summed E-state index contributed by atoms with van der Waals surface area (Å²) < 4.78 is 33.2. The number of aldehydes is 1. The Morgan fingerprint density at radius 2 is 2.04 bits per heavy atom. The third kappa shape index (κ3) is 4.56. The molecular weight excluding hydrogens is 335 g/mol. The number of hydrogen-bond donors (Lipinski definition) is 1. The van der Waals surface area contributed by atoms with Gasteiger partial charge < -0.3 is 9.88 Å². The fraction of sp³-hybridized carbons (Fsp3) is 0.214. The summed E-state index contributed by atoms with van der Waals surface area (Å²) in [6, 6.07) is 3.63. The first-order valence-electron chi connectivity index (χ1n) is 6.44. The molecule has 1 aliphatic heterocycles. The third-order valence-electron chi connectivity index (χ3n) is 2.98. The van der Waals surface area contributed by atoms with Crippen molar-refractivity contribution in [3.05, 3.63) is 47.0 Å². The Kier molecular flexibility index (Phi) is 5.05. The van der Waals surface area contributed by atoms with Crippen LogP contribution < -0.4 is 5.32 Å². The van der Waals surface area contributed by atoms with Gasteiger partial charge in [-0.2, -0.15) is 13.2 Å². The van der Waals surface area contributed by atoms with Crippen LogP contribution in [-0.2, 0) is 11.2 Å². The lowest BCUT2D eigenvalue weighted by atomic mass is 10.1. The molecule has 1 aliphatic rings. The van der Waals surface area contributed by atoms with E-state index in [9.17, 15) is 18.0 Å². The van der Waals surface area contributed by atoms with E-state index in [1.807, 2.05) is 23.0 Å². The Bertz CT molecular complexity index is 728. The van der Waals surface area contributed by atoms with E-state index in [2.05, 4.69) is 10.3 Å². The van der Waals surface area contributed by atoms with Gasteiger partial charge in [0.2, 0.25) is 6.29 Å². The minimum absolute atomic E-state index is 0.00912. The molecule has 9 heteroatoms. The van der Waals surface area contributed by atoms with Crippen LogP contribution in [0.4, 0.5) is 13.2 Å². The summed E-state index contributed by atoms with van der Waals surface area (Å²) in [5.41, 5.74) is 2.72. The molecule has 3 rings (SSSR count). The highest BCUT2D eigenvalue weighted by Gasteiger charge is 2.24. The Hall–Kier alpha value is -2.35. The molecule has 0 saturated carbocycles. The van der Waals surface area contributed by atoms with Crippen LogP contribution in [0, 0.1) is 0 Å². The number of nitrogens with one attached hydrogen (secondary N) is 1. The van der Waals surface area contributed by atoms with Crippen molar-refractivity contribution in [1.29, 1.82) is 0 Å². The fourth-order valence-electron chi connectivity index (χ4n) is 2.01. The quantitative estimate of drug-likeness (QED) is 0.638. The second-order valence-electron chi connectivity index (χ2n) is 4.61. The maximum absolute atomic E-state index is 11.6. The summed E-state index contributed by atoms with van der Waals surface area (Å²) in [5.74, 6) is -0.00912. The molecule has 0 atom stereocenters. The maximum atomic E-state index is 11.6. The Morgan fingerprint density at radius 1 is 1.35 bits per heavy atom. The van der Waals surface area contributed by atoms with Gasteiger partial charge in [0, 0.05) is 30.8 Å². The van der Waals surface area contributed by atoms with Crippen molar-refractivity contribution in [2.45, 2.75) is 12.6 Å². The Balaban J connectivity index is 0.000000277. The number of rotatable bonds is 1. The molecule has 0 aromatic carbocycles. The van der Waals surface area contributed by atoms with E-state index in [1.165, 1.54) is 0 Å². The third-order valence-corrected chi connectivity index (χ3v) is 3.18. The molecule has 0 spiro atoms. The van der Waals surface area contributed by atoms with Gasteiger partial charge in [0.1, 0.15) is 5.15 Å². The molecule has 0 saturated heterocycles. The van der Waals surface area contributed by atoms with E-state index in [-0.39, 0.29) is 5.91 Å². The predicted molar refractivity (Wildman–Crippen MR) is 76.7 cm³/mol. The van der Waals surface area contributed by atoms with E-state index >= 15 is 0 Å². The van der Waals surface area contributed by atoms with Gasteiger partial charge in [-0.1, -0.05) is 11.6 Å². The zero-order valence-corrected chi connectivity index (χ0v) is 12.4. The molecular formula is C14H11ClF3N3O2. The van der Waals surface area contributed by atoms with E-state index in [0.29, 0.717) is 11.7 Å². The number of fused-ring (bicyclic) bond motifs is 1. The van der Waals surface area contributed by atoms with Crippen LogP contribution in [-0.4, -0.2) is 34.5 Å². The Morgan fingerprint density at radius 3 is 2.61 bits per heavy atom. The van der Waals surface area contributed by atoms with Crippen molar-refractivity contribution < 1.29 is 22.8 Å². The van der Waals surface area contributed by atoms with Gasteiger partial charge in [0.05, 0.1) is 5.56 Å². The number of amides is 1. The molecule has 2 aromatic heterocycles. The molecule has 2 aromatic rings. The van der Waals surface area contributed by atoms with Gasteiger partial charge >= 0.3 is 6.18 Å². The van der Waals surface area contributed by atoms with Crippen LogP contribution in [0.2, 0.25) is 5.15 Å². The number of carbonyl (C=O) groups excluding carboxylic acids is 2.